The van der Waals surface area contributed by atoms with Gasteiger partial charge in [-0.25, -0.2) is 14.8 Å². The maximum Gasteiger partial charge on any atom is 0.339 e. The summed E-state index contributed by atoms with van der Waals surface area (Å²) in [4.78, 5) is 35.7. The van der Waals surface area contributed by atoms with Gasteiger partial charge in [0.2, 0.25) is 0 Å². The molecular weight excluding hydrogens is 332 g/mol. The van der Waals surface area contributed by atoms with Gasteiger partial charge in [-0.1, -0.05) is 0 Å². The van der Waals surface area contributed by atoms with Crippen molar-refractivity contribution in [2.45, 2.75) is 13.0 Å². The molecule has 4 N–H and O–H groups in total. The highest BCUT2D eigenvalue weighted by atomic mass is 32.1. The van der Waals surface area contributed by atoms with Gasteiger partial charge in [-0.2, -0.15) is 0 Å². The average Bonchev–Trinajstić information content (AvgIpc) is 3.20. The Morgan fingerprint density at radius 2 is 2.21 bits per heavy atom. The number of hydrogen-bond donors (Lipinski definition) is 4. The standard InChI is InChI=1S/C15H14N4O4S/c1-7(6-20)18-14(21)11-3-2-10(24-11)9-5-17-13-12(19-9)8(4-16-13)15(22)23/h2-5,7,20H,6H2,1H3,(H,16,17)(H,18,21)(H,22,23)/t7-/m1/s1. The molecule has 8 nitrogen and oxygen atoms in total. The molecule has 3 heterocycles. The molecule has 3 aromatic heterocycles. The first-order valence-corrected chi connectivity index (χ1v) is 7.90. The number of hydrogen-bond acceptors (Lipinski definition) is 6. The van der Waals surface area contributed by atoms with Crippen molar-refractivity contribution in [2.24, 2.45) is 0 Å². The van der Waals surface area contributed by atoms with E-state index in [1.807, 2.05) is 0 Å². The van der Waals surface area contributed by atoms with Crippen molar-refractivity contribution in [2.75, 3.05) is 6.61 Å². The number of carboxylic acids is 1. The molecule has 124 valence electrons. The van der Waals surface area contributed by atoms with Gasteiger partial charge >= 0.3 is 5.97 Å². The Morgan fingerprint density at radius 3 is 2.92 bits per heavy atom. The van der Waals surface area contributed by atoms with Crippen LogP contribution in [-0.2, 0) is 0 Å². The van der Waals surface area contributed by atoms with Crippen molar-refractivity contribution in [1.29, 1.82) is 0 Å². The SMILES string of the molecule is C[C@H](CO)NC(=O)c1ccc(-c2cnc3[nH]cc(C(=O)O)c3n2)s1. The zero-order chi connectivity index (χ0) is 17.3. The molecule has 0 unspecified atom stereocenters. The van der Waals surface area contributed by atoms with Gasteiger partial charge in [0.15, 0.2) is 5.65 Å². The number of fused-ring (bicyclic) bond motifs is 1. The number of aromatic nitrogens is 3. The molecule has 0 spiro atoms. The van der Waals surface area contributed by atoms with E-state index < -0.39 is 5.97 Å². The molecule has 3 aromatic rings. The minimum Gasteiger partial charge on any atom is -0.478 e. The molecule has 3 rings (SSSR count). The van der Waals surface area contributed by atoms with Crippen molar-refractivity contribution in [3.8, 4) is 10.6 Å². The molecule has 0 aliphatic rings. The molecule has 9 heteroatoms. The van der Waals surface area contributed by atoms with Crippen LogP contribution in [0.3, 0.4) is 0 Å². The van der Waals surface area contributed by atoms with E-state index in [0.717, 1.165) is 0 Å². The lowest BCUT2D eigenvalue weighted by molar-refractivity contribution is 0.0698. The van der Waals surface area contributed by atoms with Crippen molar-refractivity contribution >= 4 is 34.4 Å². The van der Waals surface area contributed by atoms with Crippen LogP contribution in [0.4, 0.5) is 0 Å². The zero-order valence-corrected chi connectivity index (χ0v) is 13.4. The van der Waals surface area contributed by atoms with E-state index in [9.17, 15) is 9.59 Å². The highest BCUT2D eigenvalue weighted by Gasteiger charge is 2.16. The van der Waals surface area contributed by atoms with Gasteiger partial charge in [0.1, 0.15) is 11.1 Å². The van der Waals surface area contributed by atoms with Gasteiger partial charge in [-0.15, -0.1) is 11.3 Å². The molecule has 0 aliphatic carbocycles. The fourth-order valence-corrected chi connectivity index (χ4v) is 2.97. The molecule has 1 amide bonds. The molecule has 0 radical (unpaired) electrons. The number of amides is 1. The summed E-state index contributed by atoms with van der Waals surface area (Å²) in [6, 6.07) is 3.05. The van der Waals surface area contributed by atoms with E-state index in [-0.39, 0.29) is 29.6 Å². The lowest BCUT2D eigenvalue weighted by Crippen LogP contribution is -2.34. The van der Waals surface area contributed by atoms with Crippen LogP contribution in [0, 0.1) is 0 Å². The summed E-state index contributed by atoms with van der Waals surface area (Å²) >= 11 is 1.22. The number of H-pyrrole nitrogens is 1. The van der Waals surface area contributed by atoms with Crippen LogP contribution in [-0.4, -0.2) is 49.7 Å². The van der Waals surface area contributed by atoms with Gasteiger partial charge < -0.3 is 20.5 Å². The van der Waals surface area contributed by atoms with Gasteiger partial charge in [-0.05, 0) is 19.1 Å². The number of thiophene rings is 1. The number of rotatable bonds is 5. The van der Waals surface area contributed by atoms with Crippen molar-refractivity contribution < 1.29 is 19.8 Å². The molecule has 0 bridgehead atoms. The number of aliphatic hydroxyl groups excluding tert-OH is 1. The van der Waals surface area contributed by atoms with Crippen molar-refractivity contribution in [1.82, 2.24) is 20.3 Å². The minimum atomic E-state index is -1.09. The summed E-state index contributed by atoms with van der Waals surface area (Å²) in [6.07, 6.45) is 2.87. The molecular formula is C15H14N4O4S. The summed E-state index contributed by atoms with van der Waals surface area (Å²) in [7, 11) is 0. The Hall–Kier alpha value is -2.78. The Kier molecular flexibility index (Phi) is 4.28. The van der Waals surface area contributed by atoms with Crippen LogP contribution >= 0.6 is 11.3 Å². The first kappa shape index (κ1) is 16.1. The summed E-state index contributed by atoms with van der Waals surface area (Å²) in [5, 5.41) is 20.8. The van der Waals surface area contributed by atoms with Crippen LogP contribution < -0.4 is 5.32 Å². The number of aromatic amines is 1. The number of aliphatic hydroxyl groups is 1. The van der Waals surface area contributed by atoms with Gasteiger partial charge in [0.05, 0.1) is 28.3 Å². The molecule has 24 heavy (non-hydrogen) atoms. The second-order valence-corrected chi connectivity index (χ2v) is 6.26. The first-order chi connectivity index (χ1) is 11.5. The van der Waals surface area contributed by atoms with Gasteiger partial charge in [-0.3, -0.25) is 4.79 Å². The number of aromatic carboxylic acids is 1. The average molecular weight is 346 g/mol. The molecule has 1 atom stereocenters. The largest absolute Gasteiger partial charge is 0.478 e. The molecule has 0 fully saturated rings. The third-order valence-corrected chi connectivity index (χ3v) is 4.45. The van der Waals surface area contributed by atoms with Crippen LogP contribution in [0.25, 0.3) is 21.7 Å². The Bertz CT molecular complexity index is 917. The number of carbonyl (C=O) groups is 2. The number of carboxylic acid groups (broad SMARTS) is 1. The van der Waals surface area contributed by atoms with Gasteiger partial charge in [0, 0.05) is 12.2 Å². The Labute approximate surface area is 140 Å². The number of nitrogens with one attached hydrogen (secondary N) is 2. The lowest BCUT2D eigenvalue weighted by Gasteiger charge is -2.08. The minimum absolute atomic E-state index is 0.0469. The monoisotopic (exact) mass is 346 g/mol. The zero-order valence-electron chi connectivity index (χ0n) is 12.6. The predicted molar refractivity (Wildman–Crippen MR) is 88.2 cm³/mol. The lowest BCUT2D eigenvalue weighted by atomic mass is 10.3. The molecule has 0 saturated heterocycles. The fourth-order valence-electron chi connectivity index (χ4n) is 2.11. The fraction of sp³-hybridized carbons (Fsp3) is 0.200. The van der Waals surface area contributed by atoms with Crippen molar-refractivity contribution in [3.63, 3.8) is 0 Å². The molecule has 0 aliphatic heterocycles. The summed E-state index contributed by atoms with van der Waals surface area (Å²) in [5.41, 5.74) is 1.20. The number of nitrogens with zero attached hydrogens (tertiary/aromatic N) is 2. The maximum absolute atomic E-state index is 12.0. The third kappa shape index (κ3) is 2.99. The summed E-state index contributed by atoms with van der Waals surface area (Å²) in [5.74, 6) is -1.37. The van der Waals surface area contributed by atoms with E-state index in [1.165, 1.54) is 23.7 Å². The third-order valence-electron chi connectivity index (χ3n) is 3.34. The highest BCUT2D eigenvalue weighted by molar-refractivity contribution is 7.17. The van der Waals surface area contributed by atoms with E-state index in [0.29, 0.717) is 21.1 Å². The topological polar surface area (TPSA) is 128 Å². The van der Waals surface area contributed by atoms with Crippen LogP contribution in [0.5, 0.6) is 0 Å². The van der Waals surface area contributed by atoms with E-state index in [4.69, 9.17) is 10.2 Å². The smallest absolute Gasteiger partial charge is 0.339 e. The van der Waals surface area contributed by atoms with E-state index in [2.05, 4.69) is 20.3 Å². The molecule has 0 saturated carbocycles. The summed E-state index contributed by atoms with van der Waals surface area (Å²) in [6.45, 7) is 1.56. The first-order valence-electron chi connectivity index (χ1n) is 7.09. The second kappa shape index (κ2) is 6.38. The Morgan fingerprint density at radius 1 is 1.42 bits per heavy atom. The predicted octanol–water partition coefficient (Wildman–Crippen LogP) is 1.50. The van der Waals surface area contributed by atoms with Crippen LogP contribution in [0.2, 0.25) is 0 Å². The second-order valence-electron chi connectivity index (χ2n) is 5.18. The van der Waals surface area contributed by atoms with Crippen molar-refractivity contribution in [3.05, 3.63) is 35.0 Å². The maximum atomic E-state index is 12.0. The Balaban J connectivity index is 1.92. The van der Waals surface area contributed by atoms with E-state index in [1.54, 1.807) is 19.1 Å². The van der Waals surface area contributed by atoms with Gasteiger partial charge in [0.25, 0.3) is 5.91 Å². The number of carbonyl (C=O) groups excluding carboxylic acids is 1. The summed E-state index contributed by atoms with van der Waals surface area (Å²) < 4.78 is 0. The quantitative estimate of drug-likeness (QED) is 0.554. The highest BCUT2D eigenvalue weighted by Crippen LogP contribution is 2.28. The normalized spacial score (nSPS) is 12.2. The molecule has 0 aromatic carbocycles. The van der Waals surface area contributed by atoms with E-state index >= 15 is 0 Å². The van der Waals surface area contributed by atoms with Crippen LogP contribution in [0.1, 0.15) is 27.0 Å². The van der Waals surface area contributed by atoms with Crippen LogP contribution in [0.15, 0.2) is 24.5 Å².